The van der Waals surface area contributed by atoms with Crippen LogP contribution in [0.4, 0.5) is 0 Å². The van der Waals surface area contributed by atoms with E-state index in [1.807, 2.05) is 60.7 Å². The first-order valence-corrected chi connectivity index (χ1v) is 13.0. The van der Waals surface area contributed by atoms with Gasteiger partial charge in [-0.05, 0) is 28.3 Å². The highest BCUT2D eigenvalue weighted by Crippen LogP contribution is 2.38. The van der Waals surface area contributed by atoms with Crippen molar-refractivity contribution < 1.29 is 4.42 Å². The van der Waals surface area contributed by atoms with Crippen LogP contribution in [0.15, 0.2) is 132 Å². The van der Waals surface area contributed by atoms with Crippen LogP contribution in [0.3, 0.4) is 0 Å². The smallest absolute Gasteiger partial charge is 0.164 e. The van der Waals surface area contributed by atoms with E-state index in [0.29, 0.717) is 17.5 Å². The standard InChI is InChI=1S/C35H21N3O/c1-2-11-24(12-3-1)33-36-34(27-16-8-13-23-21-20-22-10-4-5-14-25(22)31(23)27)38-35(37-33)28-17-9-19-30-32(28)26-15-6-7-18-29(26)39-30/h1-21H. The molecular weight excluding hydrogens is 478 g/mol. The number of para-hydroxylation sites is 1. The van der Waals surface area contributed by atoms with E-state index in [4.69, 9.17) is 19.4 Å². The Hall–Kier alpha value is -5.35. The summed E-state index contributed by atoms with van der Waals surface area (Å²) in [4.78, 5) is 15.2. The summed E-state index contributed by atoms with van der Waals surface area (Å²) >= 11 is 0. The lowest BCUT2D eigenvalue weighted by Crippen LogP contribution is -2.01. The average molecular weight is 500 g/mol. The molecular formula is C35H21N3O. The molecule has 6 aromatic carbocycles. The first-order valence-electron chi connectivity index (χ1n) is 13.0. The highest BCUT2D eigenvalue weighted by molar-refractivity contribution is 6.14. The maximum Gasteiger partial charge on any atom is 0.164 e. The second kappa shape index (κ2) is 8.61. The molecule has 0 aliphatic carbocycles. The maximum absolute atomic E-state index is 6.18. The summed E-state index contributed by atoms with van der Waals surface area (Å²) in [5, 5.41) is 6.70. The molecule has 0 spiro atoms. The van der Waals surface area contributed by atoms with E-state index < -0.39 is 0 Å². The molecule has 0 saturated heterocycles. The van der Waals surface area contributed by atoms with Crippen molar-refractivity contribution in [1.29, 1.82) is 0 Å². The Morgan fingerprint density at radius 2 is 0.974 bits per heavy atom. The highest BCUT2D eigenvalue weighted by Gasteiger charge is 2.19. The van der Waals surface area contributed by atoms with Crippen LogP contribution in [-0.2, 0) is 0 Å². The summed E-state index contributed by atoms with van der Waals surface area (Å²) in [7, 11) is 0. The normalized spacial score (nSPS) is 11.6. The third-order valence-electron chi connectivity index (χ3n) is 7.32. The van der Waals surface area contributed by atoms with Crippen LogP contribution >= 0.6 is 0 Å². The van der Waals surface area contributed by atoms with Gasteiger partial charge in [0, 0.05) is 32.8 Å². The molecule has 0 aliphatic heterocycles. The molecule has 0 bridgehead atoms. The number of nitrogens with zero attached hydrogens (tertiary/aromatic N) is 3. The van der Waals surface area contributed by atoms with Crippen LogP contribution in [0.2, 0.25) is 0 Å². The van der Waals surface area contributed by atoms with E-state index in [2.05, 4.69) is 66.7 Å². The fraction of sp³-hybridized carbons (Fsp3) is 0. The van der Waals surface area contributed by atoms with E-state index in [-0.39, 0.29) is 0 Å². The average Bonchev–Trinajstić information content (AvgIpc) is 3.40. The molecule has 0 atom stereocenters. The molecule has 8 rings (SSSR count). The van der Waals surface area contributed by atoms with Gasteiger partial charge in [-0.3, -0.25) is 0 Å². The molecule has 4 heteroatoms. The summed E-state index contributed by atoms with van der Waals surface area (Å²) in [6.45, 7) is 0. The maximum atomic E-state index is 6.18. The Morgan fingerprint density at radius 3 is 1.82 bits per heavy atom. The molecule has 0 aliphatic rings. The number of hydrogen-bond donors (Lipinski definition) is 0. The van der Waals surface area contributed by atoms with Gasteiger partial charge in [0.05, 0.1) is 0 Å². The number of aromatic nitrogens is 3. The first kappa shape index (κ1) is 21.7. The van der Waals surface area contributed by atoms with Crippen LogP contribution in [0.25, 0.3) is 77.6 Å². The molecule has 0 N–H and O–H groups in total. The van der Waals surface area contributed by atoms with Crippen LogP contribution in [-0.4, -0.2) is 15.0 Å². The Morgan fingerprint density at radius 1 is 0.385 bits per heavy atom. The molecule has 182 valence electrons. The van der Waals surface area contributed by atoms with Crippen LogP contribution in [0.1, 0.15) is 0 Å². The van der Waals surface area contributed by atoms with Crippen molar-refractivity contribution in [3.8, 4) is 34.2 Å². The third-order valence-corrected chi connectivity index (χ3v) is 7.32. The molecule has 2 aromatic heterocycles. The van der Waals surface area contributed by atoms with Gasteiger partial charge in [-0.25, -0.2) is 15.0 Å². The van der Waals surface area contributed by atoms with Gasteiger partial charge in [-0.1, -0.05) is 115 Å². The second-order valence-corrected chi connectivity index (χ2v) is 9.64. The summed E-state index contributed by atoms with van der Waals surface area (Å²) in [6.07, 6.45) is 0. The molecule has 0 unspecified atom stereocenters. The minimum absolute atomic E-state index is 0.619. The molecule has 8 aromatic rings. The van der Waals surface area contributed by atoms with Crippen LogP contribution in [0, 0.1) is 0 Å². The van der Waals surface area contributed by atoms with Gasteiger partial charge >= 0.3 is 0 Å². The summed E-state index contributed by atoms with van der Waals surface area (Å²) in [5.74, 6) is 1.90. The summed E-state index contributed by atoms with van der Waals surface area (Å²) in [6, 6.07) is 43.4. The topological polar surface area (TPSA) is 51.8 Å². The molecule has 0 fully saturated rings. The van der Waals surface area contributed by atoms with Gasteiger partial charge in [-0.15, -0.1) is 0 Å². The van der Waals surface area contributed by atoms with Crippen molar-refractivity contribution in [3.63, 3.8) is 0 Å². The Bertz CT molecular complexity index is 2180. The van der Waals surface area contributed by atoms with Gasteiger partial charge in [0.15, 0.2) is 17.5 Å². The van der Waals surface area contributed by atoms with Crippen molar-refractivity contribution >= 4 is 43.5 Å². The van der Waals surface area contributed by atoms with E-state index in [0.717, 1.165) is 49.4 Å². The zero-order valence-electron chi connectivity index (χ0n) is 20.9. The van der Waals surface area contributed by atoms with Crippen molar-refractivity contribution in [2.45, 2.75) is 0 Å². The van der Waals surface area contributed by atoms with Crippen molar-refractivity contribution in [2.24, 2.45) is 0 Å². The van der Waals surface area contributed by atoms with Crippen molar-refractivity contribution in [1.82, 2.24) is 15.0 Å². The zero-order valence-corrected chi connectivity index (χ0v) is 20.9. The van der Waals surface area contributed by atoms with E-state index in [1.165, 1.54) is 10.8 Å². The van der Waals surface area contributed by atoms with E-state index in [1.54, 1.807) is 0 Å². The predicted molar refractivity (Wildman–Crippen MR) is 158 cm³/mol. The minimum Gasteiger partial charge on any atom is -0.456 e. The predicted octanol–water partition coefficient (Wildman–Crippen LogP) is 9.08. The van der Waals surface area contributed by atoms with Crippen molar-refractivity contribution in [3.05, 3.63) is 127 Å². The number of furan rings is 1. The molecule has 0 amide bonds. The lowest BCUT2D eigenvalue weighted by Gasteiger charge is -2.12. The zero-order chi connectivity index (χ0) is 25.8. The van der Waals surface area contributed by atoms with E-state index in [9.17, 15) is 0 Å². The van der Waals surface area contributed by atoms with Gasteiger partial charge in [0.25, 0.3) is 0 Å². The minimum atomic E-state index is 0.619. The second-order valence-electron chi connectivity index (χ2n) is 9.64. The highest BCUT2D eigenvalue weighted by atomic mass is 16.3. The molecule has 39 heavy (non-hydrogen) atoms. The summed E-state index contributed by atoms with van der Waals surface area (Å²) in [5.41, 5.74) is 4.50. The lowest BCUT2D eigenvalue weighted by atomic mass is 9.97. The Balaban J connectivity index is 1.47. The quantitative estimate of drug-likeness (QED) is 0.228. The van der Waals surface area contributed by atoms with E-state index >= 15 is 0 Å². The number of benzene rings is 6. The molecule has 0 radical (unpaired) electrons. The molecule has 0 saturated carbocycles. The fourth-order valence-electron chi connectivity index (χ4n) is 5.54. The first-order chi connectivity index (χ1) is 19.3. The van der Waals surface area contributed by atoms with Crippen molar-refractivity contribution in [2.75, 3.05) is 0 Å². The fourth-order valence-corrected chi connectivity index (χ4v) is 5.54. The van der Waals surface area contributed by atoms with Gasteiger partial charge in [-0.2, -0.15) is 0 Å². The van der Waals surface area contributed by atoms with Gasteiger partial charge in [0.1, 0.15) is 11.2 Å². The Kier molecular flexibility index (Phi) is 4.79. The van der Waals surface area contributed by atoms with Crippen LogP contribution < -0.4 is 0 Å². The van der Waals surface area contributed by atoms with Crippen LogP contribution in [0.5, 0.6) is 0 Å². The van der Waals surface area contributed by atoms with Gasteiger partial charge < -0.3 is 4.42 Å². The Labute approximate surface area is 224 Å². The largest absolute Gasteiger partial charge is 0.456 e. The summed E-state index contributed by atoms with van der Waals surface area (Å²) < 4.78 is 6.18. The SMILES string of the molecule is c1ccc(-c2nc(-c3cccc4ccc5ccccc5c34)nc(-c3cccc4oc5ccccc5c34)n2)cc1. The number of hydrogen-bond acceptors (Lipinski definition) is 4. The lowest BCUT2D eigenvalue weighted by molar-refractivity contribution is 0.669. The third kappa shape index (κ3) is 3.50. The number of rotatable bonds is 3. The molecule has 4 nitrogen and oxygen atoms in total. The van der Waals surface area contributed by atoms with Gasteiger partial charge in [0.2, 0.25) is 0 Å². The monoisotopic (exact) mass is 499 g/mol. The number of fused-ring (bicyclic) bond motifs is 6. The molecule has 2 heterocycles.